The van der Waals surface area contributed by atoms with E-state index >= 15 is 0 Å². The maximum absolute atomic E-state index is 6.89. The minimum atomic E-state index is 0.700. The molecule has 0 aliphatic carbocycles. The zero-order chi connectivity index (χ0) is 33.7. The third-order valence-corrected chi connectivity index (χ3v) is 9.86. The van der Waals surface area contributed by atoms with Gasteiger partial charge >= 0.3 is 0 Å². The van der Waals surface area contributed by atoms with Crippen molar-refractivity contribution in [2.75, 3.05) is 0 Å². The summed E-state index contributed by atoms with van der Waals surface area (Å²) in [6, 6.07) is 63.8. The van der Waals surface area contributed by atoms with Crippen LogP contribution in [0.5, 0.6) is 0 Å². The summed E-state index contributed by atoms with van der Waals surface area (Å²) in [6.45, 7) is 0. The lowest BCUT2D eigenvalue weighted by atomic mass is 9.93. The van der Waals surface area contributed by atoms with Crippen molar-refractivity contribution in [3.05, 3.63) is 182 Å². The van der Waals surface area contributed by atoms with Gasteiger partial charge in [0, 0.05) is 38.4 Å². The van der Waals surface area contributed by atoms with Crippen molar-refractivity contribution in [3.8, 4) is 56.2 Å². The van der Waals surface area contributed by atoms with E-state index in [0.717, 1.165) is 66.5 Å². The number of fused-ring (bicyclic) bond motifs is 6. The Bertz CT molecular complexity index is 2850. The van der Waals surface area contributed by atoms with E-state index < -0.39 is 0 Å². The van der Waals surface area contributed by atoms with Gasteiger partial charge in [-0.15, -0.1) is 0 Å². The molecule has 0 N–H and O–H groups in total. The molecule has 3 nitrogen and oxygen atoms in total. The third kappa shape index (κ3) is 5.06. The molecule has 0 saturated heterocycles. The van der Waals surface area contributed by atoms with Crippen molar-refractivity contribution in [2.24, 2.45) is 0 Å². The quantitative estimate of drug-likeness (QED) is 0.186. The van der Waals surface area contributed by atoms with Crippen LogP contribution in [-0.2, 0) is 0 Å². The van der Waals surface area contributed by atoms with Crippen LogP contribution in [0.25, 0.3) is 99.6 Å². The standard InChI is InChI=1S/C48H30N2O/c1-3-14-32(15-4-1)44-30-45(50-48(49-44)33-16-5-2-6-17-33)37-20-11-19-35(28-37)38-23-12-24-41-43-29-42(36-26-25-31-13-7-8-18-34(31)27-36)39-21-9-10-22-40(39)47(43)51-46(38)41/h1-30H. The molecule has 3 heteroatoms. The lowest BCUT2D eigenvalue weighted by molar-refractivity contribution is 0.674. The summed E-state index contributed by atoms with van der Waals surface area (Å²) in [7, 11) is 0. The van der Waals surface area contributed by atoms with Crippen molar-refractivity contribution in [1.29, 1.82) is 0 Å². The molecular weight excluding hydrogens is 621 g/mol. The summed E-state index contributed by atoms with van der Waals surface area (Å²) < 4.78 is 6.89. The van der Waals surface area contributed by atoms with Gasteiger partial charge in [0.1, 0.15) is 11.2 Å². The van der Waals surface area contributed by atoms with Crippen LogP contribution in [-0.4, -0.2) is 9.97 Å². The fraction of sp³-hybridized carbons (Fsp3) is 0. The number of hydrogen-bond donors (Lipinski definition) is 0. The molecule has 51 heavy (non-hydrogen) atoms. The monoisotopic (exact) mass is 650 g/mol. The van der Waals surface area contributed by atoms with Gasteiger partial charge in [-0.2, -0.15) is 0 Å². The van der Waals surface area contributed by atoms with Gasteiger partial charge in [-0.05, 0) is 57.1 Å². The average Bonchev–Trinajstić information content (AvgIpc) is 3.60. The van der Waals surface area contributed by atoms with Gasteiger partial charge in [-0.25, -0.2) is 9.97 Å². The van der Waals surface area contributed by atoms with Crippen LogP contribution >= 0.6 is 0 Å². The van der Waals surface area contributed by atoms with Gasteiger partial charge in [0.2, 0.25) is 0 Å². The first-order chi connectivity index (χ1) is 25.3. The summed E-state index contributed by atoms with van der Waals surface area (Å²) >= 11 is 0. The van der Waals surface area contributed by atoms with Gasteiger partial charge in [0.15, 0.2) is 5.82 Å². The maximum atomic E-state index is 6.89. The highest BCUT2D eigenvalue weighted by atomic mass is 16.3. The smallest absolute Gasteiger partial charge is 0.160 e. The van der Waals surface area contributed by atoms with Gasteiger partial charge in [0.05, 0.1) is 11.4 Å². The van der Waals surface area contributed by atoms with Gasteiger partial charge in [-0.1, -0.05) is 158 Å². The highest BCUT2D eigenvalue weighted by Crippen LogP contribution is 2.43. The van der Waals surface area contributed by atoms with Crippen LogP contribution in [0.2, 0.25) is 0 Å². The highest BCUT2D eigenvalue weighted by Gasteiger charge is 2.18. The zero-order valence-electron chi connectivity index (χ0n) is 27.6. The van der Waals surface area contributed by atoms with E-state index in [4.69, 9.17) is 14.4 Å². The first-order valence-electron chi connectivity index (χ1n) is 17.2. The van der Waals surface area contributed by atoms with Gasteiger partial charge in [-0.3, -0.25) is 0 Å². The predicted molar refractivity (Wildman–Crippen MR) is 212 cm³/mol. The second-order valence-corrected chi connectivity index (χ2v) is 13.0. The minimum absolute atomic E-state index is 0.700. The molecule has 0 atom stereocenters. The number of benzene rings is 8. The van der Waals surface area contributed by atoms with Gasteiger partial charge < -0.3 is 4.42 Å². The first kappa shape index (κ1) is 29.1. The Morgan fingerprint density at radius 1 is 0.314 bits per heavy atom. The molecule has 0 radical (unpaired) electrons. The Balaban J connectivity index is 1.14. The molecule has 0 aliphatic heterocycles. The van der Waals surface area contributed by atoms with Crippen molar-refractivity contribution >= 4 is 43.5 Å². The molecule has 0 bridgehead atoms. The van der Waals surface area contributed by atoms with Crippen LogP contribution in [0, 0.1) is 0 Å². The number of para-hydroxylation sites is 1. The van der Waals surface area contributed by atoms with E-state index in [2.05, 4.69) is 146 Å². The number of rotatable bonds is 5. The number of nitrogens with zero attached hydrogens (tertiary/aromatic N) is 2. The molecule has 2 aromatic heterocycles. The minimum Gasteiger partial charge on any atom is -0.455 e. The Hall–Kier alpha value is -6.84. The molecule has 10 rings (SSSR count). The summed E-state index contributed by atoms with van der Waals surface area (Å²) in [5, 5.41) is 6.96. The average molecular weight is 651 g/mol. The Morgan fingerprint density at radius 2 is 0.902 bits per heavy atom. The van der Waals surface area contributed by atoms with Crippen LogP contribution in [0.4, 0.5) is 0 Å². The second kappa shape index (κ2) is 11.9. The first-order valence-corrected chi connectivity index (χ1v) is 17.2. The number of aromatic nitrogens is 2. The van der Waals surface area contributed by atoms with Gasteiger partial charge in [0.25, 0.3) is 0 Å². The molecule has 2 heterocycles. The SMILES string of the molecule is c1ccc(-c2cc(-c3cccc(-c4cccc5c4oc4c6ccccc6c(-c6ccc7ccccc7c6)cc54)c3)nc(-c3ccccc3)n2)cc1. The van der Waals surface area contributed by atoms with Crippen LogP contribution in [0.1, 0.15) is 0 Å². The summed E-state index contributed by atoms with van der Waals surface area (Å²) in [6.07, 6.45) is 0. The molecular formula is C48H30N2O. The molecule has 0 saturated carbocycles. The molecule has 10 aromatic rings. The Labute approximate surface area is 295 Å². The molecule has 8 aromatic carbocycles. The molecule has 0 aliphatic rings. The maximum Gasteiger partial charge on any atom is 0.160 e. The summed E-state index contributed by atoms with van der Waals surface area (Å²) in [4.78, 5) is 10.1. The predicted octanol–water partition coefficient (Wildman–Crippen LogP) is 13.0. The number of furan rings is 1. The molecule has 0 amide bonds. The lowest BCUT2D eigenvalue weighted by Crippen LogP contribution is -1.96. The highest BCUT2D eigenvalue weighted by molar-refractivity contribution is 6.21. The van der Waals surface area contributed by atoms with Crippen LogP contribution in [0.15, 0.2) is 186 Å². The second-order valence-electron chi connectivity index (χ2n) is 13.0. The lowest BCUT2D eigenvalue weighted by Gasteiger charge is -2.11. The molecule has 0 unspecified atom stereocenters. The van der Waals surface area contributed by atoms with E-state index in [1.165, 1.54) is 27.3 Å². The fourth-order valence-electron chi connectivity index (χ4n) is 7.36. The van der Waals surface area contributed by atoms with E-state index in [0.29, 0.717) is 5.82 Å². The summed E-state index contributed by atoms with van der Waals surface area (Å²) in [5.41, 5.74) is 11.1. The van der Waals surface area contributed by atoms with Crippen LogP contribution < -0.4 is 0 Å². The van der Waals surface area contributed by atoms with E-state index in [-0.39, 0.29) is 0 Å². The van der Waals surface area contributed by atoms with E-state index in [9.17, 15) is 0 Å². The molecule has 0 spiro atoms. The molecule has 0 fully saturated rings. The van der Waals surface area contributed by atoms with E-state index in [1.54, 1.807) is 0 Å². The van der Waals surface area contributed by atoms with Crippen molar-refractivity contribution in [2.45, 2.75) is 0 Å². The zero-order valence-corrected chi connectivity index (χ0v) is 27.6. The van der Waals surface area contributed by atoms with Crippen molar-refractivity contribution in [1.82, 2.24) is 9.97 Å². The van der Waals surface area contributed by atoms with Crippen molar-refractivity contribution in [3.63, 3.8) is 0 Å². The molecule has 238 valence electrons. The number of hydrogen-bond acceptors (Lipinski definition) is 3. The van der Waals surface area contributed by atoms with Crippen LogP contribution in [0.3, 0.4) is 0 Å². The Morgan fingerprint density at radius 3 is 1.73 bits per heavy atom. The topological polar surface area (TPSA) is 38.9 Å². The summed E-state index contributed by atoms with van der Waals surface area (Å²) in [5.74, 6) is 0.700. The van der Waals surface area contributed by atoms with E-state index in [1.807, 2.05) is 36.4 Å². The largest absolute Gasteiger partial charge is 0.455 e. The fourth-order valence-corrected chi connectivity index (χ4v) is 7.36. The third-order valence-electron chi connectivity index (χ3n) is 9.86. The Kier molecular flexibility index (Phi) is 6.81. The normalized spacial score (nSPS) is 11.5. The van der Waals surface area contributed by atoms with Crippen molar-refractivity contribution < 1.29 is 4.42 Å².